The van der Waals surface area contributed by atoms with Crippen LogP contribution >= 0.6 is 27.5 Å². The summed E-state index contributed by atoms with van der Waals surface area (Å²) >= 11 is 9.19. The zero-order chi connectivity index (χ0) is 9.42. The topological polar surface area (TPSA) is 30.2 Å². The van der Waals surface area contributed by atoms with Gasteiger partial charge in [-0.1, -0.05) is 27.5 Å². The van der Waals surface area contributed by atoms with Crippen LogP contribution in [0.4, 0.5) is 0 Å². The molecule has 68 valence electrons. The number of alkyl halides is 1. The number of rotatable bonds is 1. The van der Waals surface area contributed by atoms with Gasteiger partial charge in [-0.2, -0.15) is 5.10 Å². The van der Waals surface area contributed by atoms with E-state index in [-0.39, 0.29) is 0 Å². The molecule has 0 saturated heterocycles. The van der Waals surface area contributed by atoms with Gasteiger partial charge in [-0.05, 0) is 13.0 Å². The summed E-state index contributed by atoms with van der Waals surface area (Å²) < 4.78 is 1.73. The smallest absolute Gasteiger partial charge is 0.160 e. The van der Waals surface area contributed by atoms with Gasteiger partial charge >= 0.3 is 0 Å². The van der Waals surface area contributed by atoms with Gasteiger partial charge in [-0.25, -0.2) is 9.50 Å². The van der Waals surface area contributed by atoms with Crippen molar-refractivity contribution in [3.05, 3.63) is 28.7 Å². The Morgan fingerprint density at radius 1 is 1.62 bits per heavy atom. The van der Waals surface area contributed by atoms with Crippen LogP contribution in [0.15, 0.2) is 12.3 Å². The van der Waals surface area contributed by atoms with Crippen LogP contribution in [0.3, 0.4) is 0 Å². The highest BCUT2D eigenvalue weighted by Gasteiger charge is 2.08. The van der Waals surface area contributed by atoms with Crippen molar-refractivity contribution in [1.29, 1.82) is 0 Å². The minimum atomic E-state index is 0.495. The molecule has 0 aliphatic rings. The van der Waals surface area contributed by atoms with E-state index in [2.05, 4.69) is 26.0 Å². The van der Waals surface area contributed by atoms with E-state index < -0.39 is 0 Å². The predicted octanol–water partition coefficient (Wildman–Crippen LogP) is 2.59. The first kappa shape index (κ1) is 8.97. The molecule has 0 atom stereocenters. The van der Waals surface area contributed by atoms with Crippen LogP contribution in [0, 0.1) is 6.92 Å². The zero-order valence-electron chi connectivity index (χ0n) is 6.96. The highest BCUT2D eigenvalue weighted by atomic mass is 79.9. The summed E-state index contributed by atoms with van der Waals surface area (Å²) in [6.45, 7) is 1.96. The molecule has 0 spiro atoms. The van der Waals surface area contributed by atoms with E-state index in [1.807, 2.05) is 13.1 Å². The quantitative estimate of drug-likeness (QED) is 0.583. The molecule has 0 fully saturated rings. The minimum Gasteiger partial charge on any atom is -0.222 e. The molecular formula is C8H7BrClN3. The number of hydrogen-bond donors (Lipinski definition) is 0. The monoisotopic (exact) mass is 259 g/mol. The first-order chi connectivity index (χ1) is 6.22. The summed E-state index contributed by atoms with van der Waals surface area (Å²) in [4.78, 5) is 4.20. The van der Waals surface area contributed by atoms with E-state index in [0.717, 1.165) is 22.2 Å². The Morgan fingerprint density at radius 3 is 3.08 bits per heavy atom. The first-order valence-corrected chi connectivity index (χ1v) is 5.28. The van der Waals surface area contributed by atoms with Crippen molar-refractivity contribution in [2.45, 2.75) is 12.3 Å². The van der Waals surface area contributed by atoms with E-state index in [1.165, 1.54) is 0 Å². The SMILES string of the molecule is Cc1nn2ccc(Cl)nc2c1CBr. The maximum absolute atomic E-state index is 5.79. The van der Waals surface area contributed by atoms with Crippen molar-refractivity contribution in [3.8, 4) is 0 Å². The van der Waals surface area contributed by atoms with Crippen LogP contribution in [0.5, 0.6) is 0 Å². The molecule has 3 nitrogen and oxygen atoms in total. The van der Waals surface area contributed by atoms with Gasteiger partial charge < -0.3 is 0 Å². The van der Waals surface area contributed by atoms with Gasteiger partial charge in [-0.3, -0.25) is 0 Å². The lowest BCUT2D eigenvalue weighted by molar-refractivity contribution is 0.917. The largest absolute Gasteiger partial charge is 0.222 e. The van der Waals surface area contributed by atoms with Crippen LogP contribution in [-0.2, 0) is 5.33 Å². The van der Waals surface area contributed by atoms with E-state index in [9.17, 15) is 0 Å². The minimum absolute atomic E-state index is 0.495. The summed E-state index contributed by atoms with van der Waals surface area (Å²) in [6.07, 6.45) is 1.81. The van der Waals surface area contributed by atoms with E-state index in [4.69, 9.17) is 11.6 Å². The average molecular weight is 261 g/mol. The Bertz CT molecular complexity index is 452. The van der Waals surface area contributed by atoms with Crippen LogP contribution in [0.25, 0.3) is 5.65 Å². The maximum Gasteiger partial charge on any atom is 0.160 e. The Balaban J connectivity index is 2.80. The van der Waals surface area contributed by atoms with Crippen LogP contribution in [-0.4, -0.2) is 14.6 Å². The fourth-order valence-corrected chi connectivity index (χ4v) is 2.01. The Morgan fingerprint density at radius 2 is 2.38 bits per heavy atom. The molecule has 0 amide bonds. The molecule has 0 radical (unpaired) electrons. The molecule has 0 aliphatic heterocycles. The molecule has 0 aliphatic carbocycles. The lowest BCUT2D eigenvalue weighted by Gasteiger charge is -1.94. The normalized spacial score (nSPS) is 11.0. The van der Waals surface area contributed by atoms with Gasteiger partial charge in [0.15, 0.2) is 5.65 Å². The highest BCUT2D eigenvalue weighted by Crippen LogP contribution is 2.17. The first-order valence-electron chi connectivity index (χ1n) is 3.78. The third-order valence-electron chi connectivity index (χ3n) is 1.88. The summed E-state index contributed by atoms with van der Waals surface area (Å²) in [5, 5.41) is 5.53. The van der Waals surface area contributed by atoms with Gasteiger partial charge in [0, 0.05) is 17.1 Å². The number of aromatic nitrogens is 3. The molecule has 2 heterocycles. The van der Waals surface area contributed by atoms with Gasteiger partial charge in [0.25, 0.3) is 0 Å². The third kappa shape index (κ3) is 1.44. The molecular weight excluding hydrogens is 253 g/mol. The van der Waals surface area contributed by atoms with Gasteiger partial charge in [0.05, 0.1) is 5.69 Å². The average Bonchev–Trinajstić information content (AvgIpc) is 2.40. The molecule has 0 saturated carbocycles. The molecule has 2 aromatic heterocycles. The lowest BCUT2D eigenvalue weighted by atomic mass is 10.3. The van der Waals surface area contributed by atoms with Crippen molar-refractivity contribution in [2.75, 3.05) is 0 Å². The number of nitrogens with zero attached hydrogens (tertiary/aromatic N) is 3. The lowest BCUT2D eigenvalue weighted by Crippen LogP contribution is -1.89. The van der Waals surface area contributed by atoms with E-state index in [1.54, 1.807) is 10.6 Å². The second-order valence-electron chi connectivity index (χ2n) is 2.72. The molecule has 2 rings (SSSR count). The fraction of sp³-hybridized carbons (Fsp3) is 0.250. The van der Waals surface area contributed by atoms with Crippen LogP contribution in [0.1, 0.15) is 11.3 Å². The maximum atomic E-state index is 5.79. The third-order valence-corrected chi connectivity index (χ3v) is 2.65. The second kappa shape index (κ2) is 3.27. The van der Waals surface area contributed by atoms with Gasteiger partial charge in [0.2, 0.25) is 0 Å². The van der Waals surface area contributed by atoms with Crippen molar-refractivity contribution in [1.82, 2.24) is 14.6 Å². The summed E-state index contributed by atoms with van der Waals surface area (Å²) in [6, 6.07) is 1.72. The molecule has 0 N–H and O–H groups in total. The van der Waals surface area contributed by atoms with Gasteiger partial charge in [0.1, 0.15) is 5.15 Å². The molecule has 0 unspecified atom stereocenters. The summed E-state index contributed by atoms with van der Waals surface area (Å²) in [7, 11) is 0. The number of halogens is 2. The summed E-state index contributed by atoms with van der Waals surface area (Å²) in [5.41, 5.74) is 2.89. The highest BCUT2D eigenvalue weighted by molar-refractivity contribution is 9.08. The second-order valence-corrected chi connectivity index (χ2v) is 3.66. The summed E-state index contributed by atoms with van der Waals surface area (Å²) in [5.74, 6) is 0. The Hall–Kier alpha value is -0.610. The van der Waals surface area contributed by atoms with Crippen molar-refractivity contribution in [2.24, 2.45) is 0 Å². The van der Waals surface area contributed by atoms with Crippen LogP contribution in [0.2, 0.25) is 5.15 Å². The van der Waals surface area contributed by atoms with Crippen LogP contribution < -0.4 is 0 Å². The molecule has 13 heavy (non-hydrogen) atoms. The van der Waals surface area contributed by atoms with Crippen molar-refractivity contribution >= 4 is 33.2 Å². The molecule has 5 heteroatoms. The Kier molecular flexibility index (Phi) is 2.26. The van der Waals surface area contributed by atoms with Crippen molar-refractivity contribution in [3.63, 3.8) is 0 Å². The van der Waals surface area contributed by atoms with E-state index >= 15 is 0 Å². The van der Waals surface area contributed by atoms with Gasteiger partial charge in [-0.15, -0.1) is 0 Å². The standard InChI is InChI=1S/C8H7BrClN3/c1-5-6(4-9)8-11-7(10)2-3-13(8)12-5/h2-3H,4H2,1H3. The molecule has 0 aromatic carbocycles. The molecule has 2 aromatic rings. The predicted molar refractivity (Wildman–Crippen MR) is 55.4 cm³/mol. The molecule has 0 bridgehead atoms. The van der Waals surface area contributed by atoms with Crippen molar-refractivity contribution < 1.29 is 0 Å². The number of hydrogen-bond acceptors (Lipinski definition) is 2. The Labute approximate surface area is 88.9 Å². The van der Waals surface area contributed by atoms with E-state index in [0.29, 0.717) is 5.15 Å². The number of fused-ring (bicyclic) bond motifs is 1. The zero-order valence-corrected chi connectivity index (χ0v) is 9.30. The fourth-order valence-electron chi connectivity index (χ4n) is 1.22. The number of aryl methyl sites for hydroxylation is 1.